The van der Waals surface area contributed by atoms with E-state index in [0.29, 0.717) is 0 Å². The highest BCUT2D eigenvalue weighted by Crippen LogP contribution is 2.14. The molecule has 2 unspecified atom stereocenters. The molecule has 0 spiro atoms. The van der Waals surface area contributed by atoms with Crippen LogP contribution in [0.5, 0.6) is 0 Å². The number of primary amides is 1. The first kappa shape index (κ1) is 13.2. The summed E-state index contributed by atoms with van der Waals surface area (Å²) in [6.45, 7) is 1.59. The highest BCUT2D eigenvalue weighted by Gasteiger charge is 2.17. The fourth-order valence-corrected chi connectivity index (χ4v) is 1.34. The highest BCUT2D eigenvalue weighted by atomic mass is 16.3. The molecule has 5 nitrogen and oxygen atoms in total. The quantitative estimate of drug-likeness (QED) is 0.658. The number of hydrogen-bond donors (Lipinski definition) is 3. The number of rotatable bonds is 5. The van der Waals surface area contributed by atoms with Crippen molar-refractivity contribution < 1.29 is 14.7 Å². The molecule has 0 fully saturated rings. The number of aliphatic hydroxyl groups is 1. The van der Waals surface area contributed by atoms with Crippen molar-refractivity contribution in [2.45, 2.75) is 18.9 Å². The van der Waals surface area contributed by atoms with Crippen molar-refractivity contribution in [3.63, 3.8) is 0 Å². The lowest BCUT2D eigenvalue weighted by molar-refractivity contribution is -0.127. The van der Waals surface area contributed by atoms with Crippen molar-refractivity contribution in [1.29, 1.82) is 0 Å². The van der Waals surface area contributed by atoms with Gasteiger partial charge in [-0.25, -0.2) is 0 Å². The zero-order valence-corrected chi connectivity index (χ0v) is 9.59. The summed E-state index contributed by atoms with van der Waals surface area (Å²) in [6.07, 6.45) is -1.35. The minimum absolute atomic E-state index is 0.161. The van der Waals surface area contributed by atoms with Crippen LogP contribution in [0.4, 0.5) is 0 Å². The third-order valence-electron chi connectivity index (χ3n) is 2.49. The number of nitrogens with two attached hydrogens (primary N) is 1. The first-order valence-corrected chi connectivity index (χ1v) is 5.32. The minimum atomic E-state index is -1.35. The summed E-state index contributed by atoms with van der Waals surface area (Å²) in [5.41, 5.74) is 5.74. The molecule has 0 heterocycles. The van der Waals surface area contributed by atoms with Gasteiger partial charge in [0.25, 0.3) is 0 Å². The Morgan fingerprint density at radius 1 is 1.35 bits per heavy atom. The fraction of sp³-hybridized carbons (Fsp3) is 0.333. The first-order chi connectivity index (χ1) is 8.02. The second-order valence-corrected chi connectivity index (χ2v) is 3.80. The molecule has 2 amide bonds. The van der Waals surface area contributed by atoms with Gasteiger partial charge in [0, 0.05) is 0 Å². The molecule has 1 aromatic rings. The molecule has 5 heteroatoms. The molecule has 0 aromatic heterocycles. The van der Waals surface area contributed by atoms with Crippen LogP contribution in [0.15, 0.2) is 30.3 Å². The standard InChI is InChI=1S/C12H16N2O3/c1-8(9-5-3-2-4-6-9)12(17)14-7-10(15)11(13)16/h2-6,8,10,15H,7H2,1H3,(H2,13,16)(H,14,17). The molecule has 4 N–H and O–H groups in total. The van der Waals surface area contributed by atoms with Gasteiger partial charge in [0.1, 0.15) is 6.10 Å². The van der Waals surface area contributed by atoms with Crippen LogP contribution in [0, 0.1) is 0 Å². The maximum absolute atomic E-state index is 11.7. The van der Waals surface area contributed by atoms with Crippen molar-refractivity contribution in [1.82, 2.24) is 5.32 Å². The molecular formula is C12H16N2O3. The number of hydrogen-bond acceptors (Lipinski definition) is 3. The van der Waals surface area contributed by atoms with E-state index in [1.165, 1.54) is 0 Å². The van der Waals surface area contributed by atoms with Crippen molar-refractivity contribution in [3.05, 3.63) is 35.9 Å². The average molecular weight is 236 g/mol. The van der Waals surface area contributed by atoms with E-state index in [1.807, 2.05) is 30.3 Å². The van der Waals surface area contributed by atoms with Crippen LogP contribution >= 0.6 is 0 Å². The Bertz CT molecular complexity index is 392. The first-order valence-electron chi connectivity index (χ1n) is 5.32. The van der Waals surface area contributed by atoms with E-state index in [0.717, 1.165) is 5.56 Å². The molecule has 92 valence electrons. The zero-order chi connectivity index (χ0) is 12.8. The molecule has 0 bridgehead atoms. The van der Waals surface area contributed by atoms with Gasteiger partial charge >= 0.3 is 0 Å². The third-order valence-corrected chi connectivity index (χ3v) is 2.49. The molecule has 0 aliphatic carbocycles. The van der Waals surface area contributed by atoms with E-state index < -0.39 is 12.0 Å². The number of benzene rings is 1. The largest absolute Gasteiger partial charge is 0.381 e. The van der Waals surface area contributed by atoms with Gasteiger partial charge in [0.05, 0.1) is 12.5 Å². The number of amides is 2. The van der Waals surface area contributed by atoms with Gasteiger partial charge in [-0.3, -0.25) is 9.59 Å². The molecule has 1 aromatic carbocycles. The van der Waals surface area contributed by atoms with E-state index in [-0.39, 0.29) is 18.4 Å². The summed E-state index contributed by atoms with van der Waals surface area (Å²) in [6, 6.07) is 9.24. The molecule has 0 saturated carbocycles. The average Bonchev–Trinajstić information content (AvgIpc) is 2.35. The Hall–Kier alpha value is -1.88. The van der Waals surface area contributed by atoms with Gasteiger partial charge in [-0.2, -0.15) is 0 Å². The van der Waals surface area contributed by atoms with E-state index in [4.69, 9.17) is 10.8 Å². The Balaban J connectivity index is 2.51. The second-order valence-electron chi connectivity index (χ2n) is 3.80. The smallest absolute Gasteiger partial charge is 0.248 e. The van der Waals surface area contributed by atoms with Crippen molar-refractivity contribution >= 4 is 11.8 Å². The van der Waals surface area contributed by atoms with Gasteiger partial charge in [-0.05, 0) is 12.5 Å². The lowest BCUT2D eigenvalue weighted by Crippen LogP contribution is -2.41. The predicted octanol–water partition coefficient (Wildman–Crippen LogP) is -0.247. The Kier molecular flexibility index (Phi) is 4.66. The Morgan fingerprint density at radius 3 is 2.47 bits per heavy atom. The summed E-state index contributed by atoms with van der Waals surface area (Å²) >= 11 is 0. The molecule has 0 saturated heterocycles. The monoisotopic (exact) mass is 236 g/mol. The Morgan fingerprint density at radius 2 is 1.94 bits per heavy atom. The Labute approximate surface area is 99.6 Å². The van der Waals surface area contributed by atoms with Crippen LogP contribution < -0.4 is 11.1 Å². The summed E-state index contributed by atoms with van der Waals surface area (Å²) in [5.74, 6) is -1.44. The van der Waals surface area contributed by atoms with Crippen LogP contribution in [0.1, 0.15) is 18.4 Å². The van der Waals surface area contributed by atoms with Gasteiger partial charge in [0.2, 0.25) is 11.8 Å². The summed E-state index contributed by atoms with van der Waals surface area (Å²) in [5, 5.41) is 11.6. The van der Waals surface area contributed by atoms with E-state index in [9.17, 15) is 9.59 Å². The van der Waals surface area contributed by atoms with Gasteiger partial charge < -0.3 is 16.2 Å². The summed E-state index contributed by atoms with van der Waals surface area (Å²) < 4.78 is 0. The van der Waals surface area contributed by atoms with Crippen LogP contribution in [0.2, 0.25) is 0 Å². The maximum atomic E-state index is 11.7. The SMILES string of the molecule is CC(C(=O)NCC(O)C(N)=O)c1ccccc1. The maximum Gasteiger partial charge on any atom is 0.248 e. The van der Waals surface area contributed by atoms with Crippen LogP contribution in [-0.2, 0) is 9.59 Å². The second kappa shape index (κ2) is 6.00. The van der Waals surface area contributed by atoms with Gasteiger partial charge in [-0.1, -0.05) is 30.3 Å². The normalized spacial score (nSPS) is 13.8. The lowest BCUT2D eigenvalue weighted by Gasteiger charge is -2.13. The topological polar surface area (TPSA) is 92.4 Å². The van der Waals surface area contributed by atoms with Crippen molar-refractivity contribution in [3.8, 4) is 0 Å². The predicted molar refractivity (Wildman–Crippen MR) is 63.1 cm³/mol. The third kappa shape index (κ3) is 3.88. The van der Waals surface area contributed by atoms with Crippen molar-refractivity contribution in [2.24, 2.45) is 5.73 Å². The number of nitrogens with one attached hydrogen (secondary N) is 1. The van der Waals surface area contributed by atoms with E-state index in [2.05, 4.69) is 5.32 Å². The van der Waals surface area contributed by atoms with Gasteiger partial charge in [-0.15, -0.1) is 0 Å². The number of aliphatic hydroxyl groups excluding tert-OH is 1. The number of carbonyl (C=O) groups excluding carboxylic acids is 2. The minimum Gasteiger partial charge on any atom is -0.381 e. The molecule has 0 aliphatic heterocycles. The molecule has 0 radical (unpaired) electrons. The summed E-state index contributed by atoms with van der Waals surface area (Å²) in [4.78, 5) is 22.3. The zero-order valence-electron chi connectivity index (χ0n) is 9.59. The van der Waals surface area contributed by atoms with E-state index in [1.54, 1.807) is 6.92 Å². The molecule has 2 atom stereocenters. The molecule has 0 aliphatic rings. The van der Waals surface area contributed by atoms with Crippen molar-refractivity contribution in [2.75, 3.05) is 6.54 Å². The molecule has 1 rings (SSSR count). The summed E-state index contributed by atoms with van der Waals surface area (Å²) in [7, 11) is 0. The van der Waals surface area contributed by atoms with Gasteiger partial charge in [0.15, 0.2) is 0 Å². The van der Waals surface area contributed by atoms with Crippen LogP contribution in [0.3, 0.4) is 0 Å². The molecule has 17 heavy (non-hydrogen) atoms. The van der Waals surface area contributed by atoms with E-state index >= 15 is 0 Å². The lowest BCUT2D eigenvalue weighted by atomic mass is 10.0. The fourth-order valence-electron chi connectivity index (χ4n) is 1.34. The highest BCUT2D eigenvalue weighted by molar-refractivity contribution is 5.84. The molecular weight excluding hydrogens is 220 g/mol. The van der Waals surface area contributed by atoms with Crippen LogP contribution in [0.25, 0.3) is 0 Å². The van der Waals surface area contributed by atoms with Crippen LogP contribution in [-0.4, -0.2) is 29.6 Å². The number of carbonyl (C=O) groups is 2.